The molecule has 1 N–H and O–H groups in total. The topological polar surface area (TPSA) is 84.9 Å². The zero-order valence-electron chi connectivity index (χ0n) is 13.3. The normalized spacial score (nSPS) is 13.4. The van der Waals surface area contributed by atoms with Gasteiger partial charge >= 0.3 is 0 Å². The number of H-pyrrole nitrogens is 1. The molecular weight excluding hydrogens is 318 g/mol. The van der Waals surface area contributed by atoms with Crippen molar-refractivity contribution < 1.29 is 14.3 Å². The molecule has 1 aliphatic carbocycles. The first-order valence-corrected chi connectivity index (χ1v) is 7.64. The van der Waals surface area contributed by atoms with Crippen molar-refractivity contribution in [1.29, 1.82) is 0 Å². The van der Waals surface area contributed by atoms with E-state index < -0.39 is 0 Å². The van der Waals surface area contributed by atoms with Crippen LogP contribution in [0.3, 0.4) is 0 Å². The number of nitrogens with one attached hydrogen (secondary N) is 1. The van der Waals surface area contributed by atoms with Crippen molar-refractivity contribution >= 4 is 17.1 Å². The van der Waals surface area contributed by atoms with Crippen LogP contribution >= 0.6 is 0 Å². The number of methoxy groups -OCH3 is 1. The van der Waals surface area contributed by atoms with Crippen LogP contribution in [0.25, 0.3) is 17.1 Å². The number of Topliss-reactive ketones (excluding diaryl/α,β-unsaturated/α-hetero) is 1. The predicted molar refractivity (Wildman–Crippen MR) is 91.5 cm³/mol. The van der Waals surface area contributed by atoms with E-state index in [4.69, 9.17) is 4.74 Å². The van der Waals surface area contributed by atoms with Crippen LogP contribution in [0.5, 0.6) is 5.75 Å². The number of hydrogen-bond donors (Lipinski definition) is 1. The van der Waals surface area contributed by atoms with Crippen molar-refractivity contribution in [1.82, 2.24) is 15.0 Å². The lowest BCUT2D eigenvalue weighted by Crippen LogP contribution is -2.16. The lowest BCUT2D eigenvalue weighted by Gasteiger charge is -2.11. The Kier molecular flexibility index (Phi) is 3.50. The summed E-state index contributed by atoms with van der Waals surface area (Å²) in [5.74, 6) is 0.503. The van der Waals surface area contributed by atoms with Gasteiger partial charge in [-0.15, -0.1) is 0 Å². The highest BCUT2D eigenvalue weighted by molar-refractivity contribution is 6.37. The van der Waals surface area contributed by atoms with Gasteiger partial charge in [0.25, 0.3) is 0 Å². The number of carbonyl (C=O) groups excluding carboxylic acids is 2. The third-order valence-electron chi connectivity index (χ3n) is 3.99. The highest BCUT2D eigenvalue weighted by atomic mass is 16.5. The van der Waals surface area contributed by atoms with Crippen LogP contribution in [-0.2, 0) is 0 Å². The first kappa shape index (κ1) is 15.0. The Bertz CT molecular complexity index is 1000. The molecule has 1 aromatic carbocycles. The smallest absolute Gasteiger partial charge is 0.212 e. The molecule has 25 heavy (non-hydrogen) atoms. The Labute approximate surface area is 143 Å². The van der Waals surface area contributed by atoms with E-state index in [-0.39, 0.29) is 23.0 Å². The van der Waals surface area contributed by atoms with Gasteiger partial charge in [0.15, 0.2) is 5.82 Å². The first-order valence-electron chi connectivity index (χ1n) is 7.64. The third-order valence-corrected chi connectivity index (χ3v) is 3.99. The van der Waals surface area contributed by atoms with Crippen molar-refractivity contribution in [2.75, 3.05) is 7.11 Å². The summed E-state index contributed by atoms with van der Waals surface area (Å²) in [6.45, 7) is 0. The maximum Gasteiger partial charge on any atom is 0.212 e. The van der Waals surface area contributed by atoms with Gasteiger partial charge in [-0.25, -0.2) is 4.98 Å². The molecule has 4 rings (SSSR count). The van der Waals surface area contributed by atoms with Crippen molar-refractivity contribution in [3.8, 4) is 17.3 Å². The zero-order valence-corrected chi connectivity index (χ0v) is 13.3. The highest BCUT2D eigenvalue weighted by Crippen LogP contribution is 2.29. The number of benzene rings is 1. The number of nitrogens with zero attached hydrogens (tertiary/aromatic N) is 2. The summed E-state index contributed by atoms with van der Waals surface area (Å²) in [4.78, 5) is 36.6. The first-order chi connectivity index (χ1) is 12.2. The Balaban J connectivity index is 1.75. The average Bonchev–Trinajstić information content (AvgIpc) is 3.12. The van der Waals surface area contributed by atoms with Gasteiger partial charge in [-0.1, -0.05) is 18.2 Å². The highest BCUT2D eigenvalue weighted by Gasteiger charge is 2.30. The van der Waals surface area contributed by atoms with Crippen LogP contribution < -0.4 is 4.74 Å². The van der Waals surface area contributed by atoms with Gasteiger partial charge in [0, 0.05) is 11.8 Å². The summed E-state index contributed by atoms with van der Waals surface area (Å²) < 4.78 is 5.12. The number of ether oxygens (including phenoxy) is 1. The molecule has 0 spiro atoms. The maximum atomic E-state index is 12.8. The second-order valence-electron chi connectivity index (χ2n) is 5.50. The Hall–Kier alpha value is -3.54. The number of rotatable bonds is 3. The molecule has 6 nitrogen and oxygen atoms in total. The van der Waals surface area contributed by atoms with E-state index in [1.807, 2.05) is 6.07 Å². The third kappa shape index (κ3) is 2.53. The Morgan fingerprint density at radius 1 is 1.04 bits per heavy atom. The molecule has 3 aromatic rings. The fraction of sp³-hybridized carbons (Fsp3) is 0.0526. The molecule has 0 amide bonds. The molecule has 6 heteroatoms. The number of fused-ring (bicyclic) bond motifs is 1. The van der Waals surface area contributed by atoms with Crippen LogP contribution in [0, 0.1) is 0 Å². The predicted octanol–water partition coefficient (Wildman–Crippen LogP) is 2.94. The molecule has 0 atom stereocenters. The van der Waals surface area contributed by atoms with Crippen molar-refractivity contribution in [3.63, 3.8) is 0 Å². The largest absolute Gasteiger partial charge is 0.497 e. The van der Waals surface area contributed by atoms with Gasteiger partial charge < -0.3 is 9.72 Å². The SMILES string of the molecule is COc1ccc(C2=CC(=O)c3nc(-c4ccccn4)[nH]c3C2=O)cc1. The minimum Gasteiger partial charge on any atom is -0.497 e. The number of carbonyl (C=O) groups is 2. The van der Waals surface area contributed by atoms with E-state index >= 15 is 0 Å². The molecule has 0 saturated heterocycles. The van der Waals surface area contributed by atoms with Gasteiger partial charge in [-0.2, -0.15) is 0 Å². The minimum absolute atomic E-state index is 0.128. The number of pyridine rings is 1. The van der Waals surface area contributed by atoms with Crippen molar-refractivity contribution in [3.05, 3.63) is 71.7 Å². The van der Waals surface area contributed by atoms with Gasteiger partial charge in [0.1, 0.15) is 22.8 Å². The van der Waals surface area contributed by atoms with E-state index in [9.17, 15) is 9.59 Å². The number of hydrogen-bond acceptors (Lipinski definition) is 5. The number of aromatic nitrogens is 3. The lowest BCUT2D eigenvalue weighted by atomic mass is 9.92. The lowest BCUT2D eigenvalue weighted by molar-refractivity contribution is 0.0996. The van der Waals surface area contributed by atoms with Crippen LogP contribution in [0.2, 0.25) is 0 Å². The van der Waals surface area contributed by atoms with E-state index in [1.54, 1.807) is 49.7 Å². The second-order valence-corrected chi connectivity index (χ2v) is 5.50. The molecule has 2 heterocycles. The quantitative estimate of drug-likeness (QED) is 0.797. The van der Waals surface area contributed by atoms with E-state index in [0.717, 1.165) is 0 Å². The molecule has 0 radical (unpaired) electrons. The average molecular weight is 331 g/mol. The van der Waals surface area contributed by atoms with Crippen LogP contribution in [-0.4, -0.2) is 33.6 Å². The van der Waals surface area contributed by atoms with E-state index in [2.05, 4.69) is 15.0 Å². The molecular formula is C19H13N3O3. The van der Waals surface area contributed by atoms with Gasteiger partial charge in [-0.3, -0.25) is 14.6 Å². The zero-order chi connectivity index (χ0) is 17.4. The monoisotopic (exact) mass is 331 g/mol. The molecule has 0 fully saturated rings. The maximum absolute atomic E-state index is 12.8. The summed E-state index contributed by atoms with van der Waals surface area (Å²) in [6.07, 6.45) is 2.96. The Morgan fingerprint density at radius 2 is 1.84 bits per heavy atom. The molecule has 0 unspecified atom stereocenters. The van der Waals surface area contributed by atoms with E-state index in [0.29, 0.717) is 28.4 Å². The van der Waals surface area contributed by atoms with Crippen molar-refractivity contribution in [2.45, 2.75) is 0 Å². The number of imidazole rings is 1. The molecule has 122 valence electrons. The summed E-state index contributed by atoms with van der Waals surface area (Å²) in [5, 5.41) is 0. The number of ketones is 2. The van der Waals surface area contributed by atoms with Crippen LogP contribution in [0.1, 0.15) is 26.5 Å². The Morgan fingerprint density at radius 3 is 2.52 bits per heavy atom. The molecule has 0 saturated carbocycles. The summed E-state index contributed by atoms with van der Waals surface area (Å²) >= 11 is 0. The van der Waals surface area contributed by atoms with Crippen molar-refractivity contribution in [2.24, 2.45) is 0 Å². The van der Waals surface area contributed by atoms with Gasteiger partial charge in [-0.05, 0) is 35.9 Å². The van der Waals surface area contributed by atoms with Crippen LogP contribution in [0.4, 0.5) is 0 Å². The number of allylic oxidation sites excluding steroid dienone is 2. The van der Waals surface area contributed by atoms with Gasteiger partial charge in [0.2, 0.25) is 11.6 Å². The number of aromatic amines is 1. The fourth-order valence-corrected chi connectivity index (χ4v) is 2.72. The van der Waals surface area contributed by atoms with Crippen LogP contribution in [0.15, 0.2) is 54.7 Å². The standard InChI is InChI=1S/C19H13N3O3/c1-25-12-7-5-11(6-8-12)13-10-15(23)16-17(18(13)24)22-19(21-16)14-4-2-3-9-20-14/h2-10H,1H3,(H,21,22). The molecule has 0 bridgehead atoms. The second kappa shape index (κ2) is 5.83. The summed E-state index contributed by atoms with van der Waals surface area (Å²) in [7, 11) is 1.57. The molecule has 1 aliphatic rings. The summed E-state index contributed by atoms with van der Waals surface area (Å²) in [6, 6.07) is 12.3. The minimum atomic E-state index is -0.307. The molecule has 0 aliphatic heterocycles. The molecule has 2 aromatic heterocycles. The summed E-state index contributed by atoms with van der Waals surface area (Å²) in [5.41, 5.74) is 1.88. The fourth-order valence-electron chi connectivity index (χ4n) is 2.72. The van der Waals surface area contributed by atoms with E-state index in [1.165, 1.54) is 6.08 Å². The van der Waals surface area contributed by atoms with Gasteiger partial charge in [0.05, 0.1) is 7.11 Å².